The smallest absolute Gasteiger partial charge is 0.247 e. The fourth-order valence-electron chi connectivity index (χ4n) is 5.89. The zero-order valence-electron chi connectivity index (χ0n) is 27.1. The summed E-state index contributed by atoms with van der Waals surface area (Å²) in [6.07, 6.45) is 24.6. The molecule has 0 radical (unpaired) electrons. The quantitative estimate of drug-likeness (QED) is 0.108. The van der Waals surface area contributed by atoms with E-state index >= 15 is 0 Å². The van der Waals surface area contributed by atoms with Gasteiger partial charge in [-0.15, -0.1) is 11.8 Å². The number of hydrogen-bond acceptors (Lipinski definition) is 4. The molecule has 234 valence electrons. The van der Waals surface area contributed by atoms with Crippen LogP contribution in [0.15, 0.2) is 14.4 Å². The molecule has 0 fully saturated rings. The van der Waals surface area contributed by atoms with Crippen LogP contribution < -0.4 is 17.1 Å². The first-order valence-electron chi connectivity index (χ1n) is 16.8. The highest BCUT2D eigenvalue weighted by Crippen LogP contribution is 2.23. The lowest BCUT2D eigenvalue weighted by Crippen LogP contribution is -2.55. The summed E-state index contributed by atoms with van der Waals surface area (Å²) in [4.78, 5) is 39.9. The number of thioether (sulfide) groups is 1. The first kappa shape index (κ1) is 36.8. The number of unbranched alkanes of at least 4 members (excludes halogenated alkanes) is 9. The van der Waals surface area contributed by atoms with Crippen LogP contribution in [0.4, 0.5) is 0 Å². The van der Waals surface area contributed by atoms with Crippen LogP contribution in [0.5, 0.6) is 0 Å². The molecule has 0 amide bonds. The van der Waals surface area contributed by atoms with E-state index in [1.807, 2.05) is 13.2 Å². The Hall–Kier alpha value is -1.24. The van der Waals surface area contributed by atoms with E-state index in [0.29, 0.717) is 18.4 Å². The second-order valence-corrected chi connectivity index (χ2v) is 13.1. The van der Waals surface area contributed by atoms with E-state index in [1.54, 1.807) is 0 Å². The summed E-state index contributed by atoms with van der Waals surface area (Å²) in [7, 11) is 0. The van der Waals surface area contributed by atoms with Crippen molar-refractivity contribution in [2.75, 3.05) is 6.26 Å². The molecule has 1 aromatic heterocycles. The SMILES string of the molecule is CCCCCCCCC(C)CCCn1c(=O)n(CSC)c(=O)n([C@@H](C)CCCC(CC)CCCCCCC)c1=O. The van der Waals surface area contributed by atoms with Gasteiger partial charge in [-0.2, -0.15) is 0 Å². The van der Waals surface area contributed by atoms with E-state index in [1.165, 1.54) is 115 Å². The number of aromatic nitrogens is 3. The fraction of sp³-hybridized carbons (Fsp3) is 0.909. The minimum Gasteiger partial charge on any atom is -0.247 e. The van der Waals surface area contributed by atoms with E-state index in [9.17, 15) is 14.4 Å². The lowest BCUT2D eigenvalue weighted by atomic mass is 9.92. The molecule has 7 heteroatoms. The molecule has 3 atom stereocenters. The summed E-state index contributed by atoms with van der Waals surface area (Å²) in [6.45, 7) is 11.4. The van der Waals surface area contributed by atoms with Gasteiger partial charge in [0, 0.05) is 12.6 Å². The first-order chi connectivity index (χ1) is 19.3. The highest BCUT2D eigenvalue weighted by Gasteiger charge is 2.20. The number of rotatable bonds is 25. The first-order valence-corrected chi connectivity index (χ1v) is 18.2. The molecule has 0 aromatic carbocycles. The molecule has 0 bridgehead atoms. The van der Waals surface area contributed by atoms with E-state index < -0.39 is 17.1 Å². The minimum atomic E-state index is -0.453. The van der Waals surface area contributed by atoms with Gasteiger partial charge in [-0.25, -0.2) is 28.1 Å². The molecule has 0 saturated carbocycles. The molecule has 0 aliphatic carbocycles. The topological polar surface area (TPSA) is 66.0 Å². The summed E-state index contributed by atoms with van der Waals surface area (Å²) in [5, 5.41) is 0. The number of nitrogens with zero attached hydrogens (tertiary/aromatic N) is 3. The van der Waals surface area contributed by atoms with Crippen LogP contribution in [-0.4, -0.2) is 20.0 Å². The fourth-order valence-corrected chi connectivity index (χ4v) is 6.37. The highest BCUT2D eigenvalue weighted by atomic mass is 32.2. The Kier molecular flexibility index (Phi) is 20.6. The van der Waals surface area contributed by atoms with Crippen LogP contribution in [0.1, 0.15) is 163 Å². The lowest BCUT2D eigenvalue weighted by Gasteiger charge is -2.20. The van der Waals surface area contributed by atoms with E-state index in [2.05, 4.69) is 27.7 Å². The molecule has 1 heterocycles. The van der Waals surface area contributed by atoms with Gasteiger partial charge in [0.05, 0.1) is 5.88 Å². The predicted molar refractivity (Wildman–Crippen MR) is 175 cm³/mol. The summed E-state index contributed by atoms with van der Waals surface area (Å²) < 4.78 is 3.95. The second kappa shape index (κ2) is 22.4. The van der Waals surface area contributed by atoms with Gasteiger partial charge in [0.25, 0.3) is 0 Å². The maximum Gasteiger partial charge on any atom is 0.337 e. The van der Waals surface area contributed by atoms with E-state index in [-0.39, 0.29) is 11.9 Å². The van der Waals surface area contributed by atoms with Crippen molar-refractivity contribution >= 4 is 11.8 Å². The molecule has 2 unspecified atom stereocenters. The molecule has 0 spiro atoms. The van der Waals surface area contributed by atoms with Gasteiger partial charge in [0.1, 0.15) is 0 Å². The second-order valence-electron chi connectivity index (χ2n) is 12.3. The third-order valence-corrected chi connectivity index (χ3v) is 9.21. The Bertz CT molecular complexity index is 952. The molecule has 1 rings (SSSR count). The Labute approximate surface area is 249 Å². The zero-order chi connectivity index (χ0) is 29.8. The molecule has 0 saturated heterocycles. The molecule has 40 heavy (non-hydrogen) atoms. The Morgan fingerprint density at radius 3 is 1.73 bits per heavy atom. The molecule has 0 aliphatic rings. The molecule has 0 N–H and O–H groups in total. The summed E-state index contributed by atoms with van der Waals surface area (Å²) in [6, 6.07) is -0.214. The third kappa shape index (κ3) is 13.6. The Morgan fingerprint density at radius 2 is 1.12 bits per heavy atom. The van der Waals surface area contributed by atoms with Crippen molar-refractivity contribution in [2.45, 2.75) is 175 Å². The molecule has 0 aliphatic heterocycles. The number of hydrogen-bond donors (Lipinski definition) is 0. The van der Waals surface area contributed by atoms with Crippen molar-refractivity contribution in [1.29, 1.82) is 0 Å². The highest BCUT2D eigenvalue weighted by molar-refractivity contribution is 7.97. The van der Waals surface area contributed by atoms with Crippen LogP contribution in [-0.2, 0) is 12.4 Å². The summed E-state index contributed by atoms with van der Waals surface area (Å²) in [5.74, 6) is 1.57. The monoisotopic (exact) mass is 581 g/mol. The van der Waals surface area contributed by atoms with Gasteiger partial charge < -0.3 is 0 Å². The lowest BCUT2D eigenvalue weighted by molar-refractivity contribution is 0.350. The van der Waals surface area contributed by atoms with Crippen molar-refractivity contribution in [3.05, 3.63) is 31.5 Å². The largest absolute Gasteiger partial charge is 0.337 e. The Morgan fingerprint density at radius 1 is 0.600 bits per heavy atom. The van der Waals surface area contributed by atoms with E-state index in [4.69, 9.17) is 0 Å². The molecule has 6 nitrogen and oxygen atoms in total. The van der Waals surface area contributed by atoms with Gasteiger partial charge in [-0.3, -0.25) is 0 Å². The minimum absolute atomic E-state index is 0.214. The molecular weight excluding hydrogens is 518 g/mol. The molecule has 1 aromatic rings. The maximum absolute atomic E-state index is 13.5. The van der Waals surface area contributed by atoms with Crippen LogP contribution in [0, 0.1) is 11.8 Å². The average Bonchev–Trinajstić information content (AvgIpc) is 2.93. The average molecular weight is 582 g/mol. The zero-order valence-corrected chi connectivity index (χ0v) is 27.9. The van der Waals surface area contributed by atoms with Gasteiger partial charge in [0.15, 0.2) is 0 Å². The van der Waals surface area contributed by atoms with Crippen molar-refractivity contribution in [1.82, 2.24) is 13.7 Å². The van der Waals surface area contributed by atoms with Crippen molar-refractivity contribution < 1.29 is 0 Å². The van der Waals surface area contributed by atoms with Crippen molar-refractivity contribution in [2.24, 2.45) is 11.8 Å². The van der Waals surface area contributed by atoms with Gasteiger partial charge >= 0.3 is 17.1 Å². The maximum atomic E-state index is 13.5. The standard InChI is InChI=1S/C33H63N3O3S/c1-7-10-12-14-16-17-21-28(4)22-20-26-34-31(37)35(27-40-6)33(39)36(32(34)38)29(5)23-19-25-30(9-3)24-18-15-13-11-8-2/h28-30H,7-27H2,1-6H3/t28?,29-,30?/m0/s1. The van der Waals surface area contributed by atoms with Gasteiger partial charge in [-0.1, -0.05) is 130 Å². The van der Waals surface area contributed by atoms with Gasteiger partial charge in [-0.05, 0) is 44.3 Å². The summed E-state index contributed by atoms with van der Waals surface area (Å²) in [5.41, 5.74) is -1.33. The van der Waals surface area contributed by atoms with Crippen LogP contribution in [0.25, 0.3) is 0 Å². The van der Waals surface area contributed by atoms with Crippen LogP contribution >= 0.6 is 11.8 Å². The molecular formula is C33H63N3O3S. The third-order valence-electron chi connectivity index (χ3n) is 8.69. The van der Waals surface area contributed by atoms with Crippen LogP contribution in [0.2, 0.25) is 0 Å². The Balaban J connectivity index is 2.79. The van der Waals surface area contributed by atoms with Gasteiger partial charge in [0.2, 0.25) is 0 Å². The predicted octanol–water partition coefficient (Wildman–Crippen LogP) is 8.78. The van der Waals surface area contributed by atoms with Crippen LogP contribution in [0.3, 0.4) is 0 Å². The van der Waals surface area contributed by atoms with Crippen molar-refractivity contribution in [3.8, 4) is 0 Å². The van der Waals surface area contributed by atoms with Crippen molar-refractivity contribution in [3.63, 3.8) is 0 Å². The van der Waals surface area contributed by atoms with E-state index in [0.717, 1.165) is 32.1 Å². The summed E-state index contributed by atoms with van der Waals surface area (Å²) >= 11 is 1.43. The normalized spacial score (nSPS) is 13.9.